The minimum atomic E-state index is -4.53. The lowest BCUT2D eigenvalue weighted by Crippen LogP contribution is -2.41. The predicted molar refractivity (Wildman–Crippen MR) is 86.5 cm³/mol. The second kappa shape index (κ2) is 5.67. The molecule has 0 radical (unpaired) electrons. The molecule has 0 saturated carbocycles. The number of rotatable bonds is 1. The summed E-state index contributed by atoms with van der Waals surface area (Å²) in [6.45, 7) is -0.483. The van der Waals surface area contributed by atoms with Crippen molar-refractivity contribution in [3.63, 3.8) is 0 Å². The lowest BCUT2D eigenvalue weighted by Gasteiger charge is -2.34. The Morgan fingerprint density at radius 2 is 2.15 bits per heavy atom. The maximum absolute atomic E-state index is 12.6. The number of anilines is 1. The molecule has 3 unspecified atom stereocenters. The molecule has 3 aliphatic rings. The molecule has 5 rings (SSSR count). The van der Waals surface area contributed by atoms with Crippen LogP contribution in [0.5, 0.6) is 0 Å². The van der Waals surface area contributed by atoms with E-state index in [1.165, 1.54) is 4.57 Å². The summed E-state index contributed by atoms with van der Waals surface area (Å²) in [5, 5.41) is 13.0. The molecule has 2 N–H and O–H groups in total. The van der Waals surface area contributed by atoms with E-state index in [9.17, 15) is 24.2 Å². The van der Waals surface area contributed by atoms with E-state index in [1.54, 1.807) is 0 Å². The number of fused-ring (bicyclic) bond motifs is 3. The van der Waals surface area contributed by atoms with E-state index < -0.39 is 43.8 Å². The van der Waals surface area contributed by atoms with E-state index in [-0.39, 0.29) is 35.0 Å². The number of carbonyl (C=O) groups is 1. The lowest BCUT2D eigenvalue weighted by atomic mass is 10.1. The number of aliphatic hydroxyl groups is 1. The minimum Gasteiger partial charge on any atom is -0.756 e. The summed E-state index contributed by atoms with van der Waals surface area (Å²) in [7, 11) is -4.53. The summed E-state index contributed by atoms with van der Waals surface area (Å²) in [6, 6.07) is 0. The van der Waals surface area contributed by atoms with Gasteiger partial charge in [-0.2, -0.15) is 4.98 Å². The van der Waals surface area contributed by atoms with Crippen LogP contribution in [-0.4, -0.2) is 55.0 Å². The Labute approximate surface area is 157 Å². The first-order chi connectivity index (χ1) is 12.7. The molecule has 27 heavy (non-hydrogen) atoms. The molecule has 13 nitrogen and oxygen atoms in total. The molecule has 0 aromatic carbocycles. The third-order valence-corrected chi connectivity index (χ3v) is 6.05. The third-order valence-electron chi connectivity index (χ3n) is 4.52. The Kier molecular flexibility index (Phi) is 3.66. The highest BCUT2D eigenvalue weighted by Crippen LogP contribution is 2.50. The van der Waals surface area contributed by atoms with E-state index in [0.717, 1.165) is 4.57 Å². The smallest absolute Gasteiger partial charge is 0.283 e. The van der Waals surface area contributed by atoms with Crippen molar-refractivity contribution in [2.75, 3.05) is 11.9 Å². The maximum Gasteiger partial charge on any atom is 0.283 e. The number of phosphoric ester groups is 1. The van der Waals surface area contributed by atoms with Crippen LogP contribution in [0.1, 0.15) is 6.23 Å². The molecule has 0 spiro atoms. The van der Waals surface area contributed by atoms with Gasteiger partial charge in [-0.25, -0.2) is 4.98 Å². The fourth-order valence-corrected chi connectivity index (χ4v) is 4.85. The van der Waals surface area contributed by atoms with Crippen LogP contribution < -0.4 is 15.8 Å². The first-order valence-corrected chi connectivity index (χ1v) is 9.96. The van der Waals surface area contributed by atoms with Crippen LogP contribution in [0, 0.1) is 0 Å². The standard InChI is InChI=1S/C12H11BrN5O8P/c13-11-15-5-8(16-12-14-4(19)1-17(12)9(5)21)18(11)10-6(20)7-3(25-10)2-24-27(22,23)26-7/h3,6-7,10,20H,1-2H2,(H,22,23)(H,14,16,19)/p-1/t3?,6?,7-,10-/m1/s1. The molecule has 2 saturated heterocycles. The van der Waals surface area contributed by atoms with Gasteiger partial charge in [-0.3, -0.25) is 28.6 Å². The van der Waals surface area contributed by atoms with Crippen molar-refractivity contribution < 1.29 is 33.1 Å². The van der Waals surface area contributed by atoms with Gasteiger partial charge in [0.05, 0.1) is 6.61 Å². The van der Waals surface area contributed by atoms with Crippen molar-refractivity contribution in [1.82, 2.24) is 19.1 Å². The number of halogens is 1. The van der Waals surface area contributed by atoms with E-state index in [0.29, 0.717) is 0 Å². The second-order valence-electron chi connectivity index (χ2n) is 6.17. The number of aromatic nitrogens is 4. The summed E-state index contributed by atoms with van der Waals surface area (Å²) in [5.74, 6) is -0.350. The van der Waals surface area contributed by atoms with E-state index in [4.69, 9.17) is 9.26 Å². The Morgan fingerprint density at radius 1 is 1.37 bits per heavy atom. The number of aliphatic hydroxyl groups excluding tert-OH is 1. The second-order valence-corrected chi connectivity index (χ2v) is 8.24. The molecule has 5 atom stereocenters. The quantitative estimate of drug-likeness (QED) is 0.373. The topological polar surface area (TPSA) is 170 Å². The number of imidazole rings is 1. The molecule has 0 aliphatic carbocycles. The summed E-state index contributed by atoms with van der Waals surface area (Å²) in [4.78, 5) is 44.0. The first-order valence-electron chi connectivity index (χ1n) is 7.71. The van der Waals surface area contributed by atoms with Gasteiger partial charge in [0.2, 0.25) is 11.9 Å². The van der Waals surface area contributed by atoms with Gasteiger partial charge in [-0.05, 0) is 15.9 Å². The number of nitrogens with one attached hydrogen (secondary N) is 1. The maximum atomic E-state index is 12.6. The van der Waals surface area contributed by atoms with Crippen LogP contribution in [0.4, 0.5) is 5.95 Å². The molecular weight excluding hydrogens is 453 g/mol. The molecular formula is C12H10BrN5O8P-. The normalized spacial score (nSPS) is 35.3. The molecule has 1 amide bonds. The molecule has 2 aromatic heterocycles. The fourth-order valence-electron chi connectivity index (χ4n) is 3.35. The van der Waals surface area contributed by atoms with E-state index >= 15 is 0 Å². The van der Waals surface area contributed by atoms with Gasteiger partial charge in [0.15, 0.2) is 22.1 Å². The van der Waals surface area contributed by atoms with Crippen molar-refractivity contribution in [2.24, 2.45) is 0 Å². The average Bonchev–Trinajstić information content (AvgIpc) is 3.22. The Hall–Kier alpha value is -1.67. The zero-order chi connectivity index (χ0) is 19.1. The highest BCUT2D eigenvalue weighted by atomic mass is 79.9. The largest absolute Gasteiger partial charge is 0.756 e. The van der Waals surface area contributed by atoms with Crippen molar-refractivity contribution >= 4 is 46.8 Å². The van der Waals surface area contributed by atoms with Gasteiger partial charge in [-0.15, -0.1) is 0 Å². The van der Waals surface area contributed by atoms with Crippen molar-refractivity contribution in [2.45, 2.75) is 31.1 Å². The van der Waals surface area contributed by atoms with Crippen LogP contribution in [0.3, 0.4) is 0 Å². The van der Waals surface area contributed by atoms with Gasteiger partial charge in [-0.1, -0.05) is 0 Å². The Balaban J connectivity index is 1.62. The van der Waals surface area contributed by atoms with Crippen LogP contribution in [0.15, 0.2) is 9.53 Å². The highest BCUT2D eigenvalue weighted by molar-refractivity contribution is 9.10. The molecule has 144 valence electrons. The van der Waals surface area contributed by atoms with Crippen LogP contribution in [0.25, 0.3) is 11.2 Å². The summed E-state index contributed by atoms with van der Waals surface area (Å²) in [5.41, 5.74) is -0.532. The van der Waals surface area contributed by atoms with Crippen LogP contribution >= 0.6 is 23.8 Å². The van der Waals surface area contributed by atoms with E-state index in [2.05, 4.69) is 35.7 Å². The number of carbonyl (C=O) groups excluding carboxylic acids is 1. The minimum absolute atomic E-state index is 0.0414. The number of hydrogen-bond donors (Lipinski definition) is 2. The summed E-state index contributed by atoms with van der Waals surface area (Å²) in [6.07, 6.45) is -4.57. The van der Waals surface area contributed by atoms with E-state index in [1.807, 2.05) is 0 Å². The summed E-state index contributed by atoms with van der Waals surface area (Å²) >= 11 is 3.20. The van der Waals surface area contributed by atoms with Crippen LogP contribution in [0.2, 0.25) is 0 Å². The Morgan fingerprint density at radius 3 is 2.93 bits per heavy atom. The van der Waals surface area contributed by atoms with Gasteiger partial charge in [0.1, 0.15) is 24.9 Å². The first kappa shape index (κ1) is 17.4. The predicted octanol–water partition coefficient (Wildman–Crippen LogP) is -1.55. The Bertz CT molecular complexity index is 1100. The molecule has 5 heterocycles. The molecule has 15 heteroatoms. The van der Waals surface area contributed by atoms with Gasteiger partial charge < -0.3 is 23.8 Å². The fraction of sp³-hybridized carbons (Fsp3) is 0.500. The van der Waals surface area contributed by atoms with Gasteiger partial charge in [0, 0.05) is 0 Å². The van der Waals surface area contributed by atoms with Crippen LogP contribution in [-0.2, 0) is 29.7 Å². The number of hydrogen-bond acceptors (Lipinski definition) is 10. The SMILES string of the molecule is O=C1Cn2c(nc3c(nc(Br)n3[C@@H]3OC4COP(=O)([O-])O[C@H]4C3O)c2=O)N1. The van der Waals surface area contributed by atoms with Gasteiger partial charge >= 0.3 is 0 Å². The molecule has 2 fully saturated rings. The van der Waals surface area contributed by atoms with Crippen molar-refractivity contribution in [3.8, 4) is 0 Å². The average molecular weight is 463 g/mol. The number of ether oxygens (including phenoxy) is 1. The van der Waals surface area contributed by atoms with Crippen molar-refractivity contribution in [1.29, 1.82) is 0 Å². The molecule has 0 bridgehead atoms. The molecule has 3 aliphatic heterocycles. The zero-order valence-electron chi connectivity index (χ0n) is 13.1. The summed E-state index contributed by atoms with van der Waals surface area (Å²) < 4.78 is 29.2. The van der Waals surface area contributed by atoms with Gasteiger partial charge in [0.25, 0.3) is 13.4 Å². The number of phosphoric acid groups is 1. The monoisotopic (exact) mass is 462 g/mol. The lowest BCUT2D eigenvalue weighted by molar-refractivity contribution is -0.245. The number of nitrogens with zero attached hydrogens (tertiary/aromatic N) is 4. The number of amides is 1. The zero-order valence-corrected chi connectivity index (χ0v) is 15.6. The molecule has 2 aromatic rings. The highest BCUT2D eigenvalue weighted by Gasteiger charge is 2.51. The van der Waals surface area contributed by atoms with Crippen molar-refractivity contribution in [3.05, 3.63) is 15.1 Å². The third kappa shape index (κ3) is 2.52.